The van der Waals surface area contributed by atoms with Crippen molar-refractivity contribution >= 4 is 23.3 Å². The van der Waals surface area contributed by atoms with E-state index in [0.29, 0.717) is 14.8 Å². The van der Waals surface area contributed by atoms with Crippen molar-refractivity contribution in [3.8, 4) is 0 Å². The molecule has 0 unspecified atom stereocenters. The second-order valence-electron chi connectivity index (χ2n) is 3.77. The van der Waals surface area contributed by atoms with Gasteiger partial charge in [0.05, 0.1) is 11.0 Å². The van der Waals surface area contributed by atoms with Gasteiger partial charge < -0.3 is 5.11 Å². The van der Waals surface area contributed by atoms with Gasteiger partial charge in [0.25, 0.3) is 0 Å². The van der Waals surface area contributed by atoms with Gasteiger partial charge in [-0.2, -0.15) is 4.37 Å². The van der Waals surface area contributed by atoms with E-state index in [4.69, 9.17) is 0 Å². The number of nitrogens with zero attached hydrogens (tertiary/aromatic N) is 2. The maximum absolute atomic E-state index is 13.8. The van der Waals surface area contributed by atoms with Crippen molar-refractivity contribution in [1.29, 1.82) is 0 Å². The Morgan fingerprint density at radius 2 is 2.28 bits per heavy atom. The van der Waals surface area contributed by atoms with Gasteiger partial charge in [0.15, 0.2) is 4.34 Å². The number of hydrogen-bond donors (Lipinski definition) is 1. The van der Waals surface area contributed by atoms with Crippen LogP contribution in [0, 0.1) is 5.82 Å². The van der Waals surface area contributed by atoms with Crippen molar-refractivity contribution in [2.45, 2.75) is 35.6 Å². The largest absolute Gasteiger partial charge is 0.389 e. The van der Waals surface area contributed by atoms with Crippen LogP contribution in [0.5, 0.6) is 0 Å². The van der Waals surface area contributed by atoms with E-state index in [1.54, 1.807) is 19.1 Å². The molecule has 1 atom stereocenters. The van der Waals surface area contributed by atoms with Gasteiger partial charge in [0.2, 0.25) is 0 Å². The van der Waals surface area contributed by atoms with Crippen LogP contribution in [0.15, 0.2) is 27.4 Å². The molecule has 0 saturated heterocycles. The Kier molecular flexibility index (Phi) is 4.31. The van der Waals surface area contributed by atoms with Crippen LogP contribution in [0.4, 0.5) is 4.39 Å². The molecule has 2 rings (SSSR count). The maximum atomic E-state index is 13.8. The fourth-order valence-electron chi connectivity index (χ4n) is 1.47. The van der Waals surface area contributed by atoms with Gasteiger partial charge in [-0.3, -0.25) is 0 Å². The van der Waals surface area contributed by atoms with E-state index < -0.39 is 6.10 Å². The summed E-state index contributed by atoms with van der Waals surface area (Å²) in [5.74, 6) is 0.420. The first-order chi connectivity index (χ1) is 8.61. The zero-order valence-electron chi connectivity index (χ0n) is 10.1. The topological polar surface area (TPSA) is 46.0 Å². The van der Waals surface area contributed by atoms with E-state index in [9.17, 15) is 9.50 Å². The van der Waals surface area contributed by atoms with Crippen molar-refractivity contribution in [3.05, 3.63) is 35.4 Å². The molecule has 0 saturated carbocycles. The van der Waals surface area contributed by atoms with Crippen molar-refractivity contribution < 1.29 is 9.50 Å². The lowest BCUT2D eigenvalue weighted by atomic mass is 10.1. The zero-order chi connectivity index (χ0) is 13.1. The monoisotopic (exact) mass is 284 g/mol. The molecule has 2 aromatic rings. The number of halogens is 1. The summed E-state index contributed by atoms with van der Waals surface area (Å²) in [6, 6.07) is 4.70. The second-order valence-corrected chi connectivity index (χ2v) is 5.78. The summed E-state index contributed by atoms with van der Waals surface area (Å²) in [7, 11) is 0. The first-order valence-corrected chi connectivity index (χ1v) is 7.17. The number of aliphatic hydroxyl groups is 1. The fourth-order valence-corrected chi connectivity index (χ4v) is 3.33. The van der Waals surface area contributed by atoms with E-state index in [1.165, 1.54) is 29.4 Å². The number of rotatable bonds is 4. The Morgan fingerprint density at radius 3 is 2.89 bits per heavy atom. The van der Waals surface area contributed by atoms with Crippen molar-refractivity contribution in [2.75, 3.05) is 0 Å². The molecule has 0 aliphatic rings. The van der Waals surface area contributed by atoms with Gasteiger partial charge in [0, 0.05) is 6.42 Å². The van der Waals surface area contributed by atoms with Gasteiger partial charge in [-0.05, 0) is 30.1 Å². The predicted octanol–water partition coefficient (Wildman–Crippen LogP) is 3.44. The van der Waals surface area contributed by atoms with Crippen molar-refractivity contribution in [3.63, 3.8) is 0 Å². The Hall–Kier alpha value is -0.980. The molecule has 3 nitrogen and oxygen atoms in total. The Morgan fingerprint density at radius 1 is 1.50 bits per heavy atom. The van der Waals surface area contributed by atoms with Crippen LogP contribution in [0.2, 0.25) is 0 Å². The average molecular weight is 284 g/mol. The minimum atomic E-state index is -0.707. The summed E-state index contributed by atoms with van der Waals surface area (Å²) in [5, 5.41) is 9.65. The Balaban J connectivity index is 2.33. The molecule has 1 N–H and O–H groups in total. The van der Waals surface area contributed by atoms with Gasteiger partial charge in [-0.1, -0.05) is 30.8 Å². The van der Waals surface area contributed by atoms with Gasteiger partial charge in [0.1, 0.15) is 11.6 Å². The van der Waals surface area contributed by atoms with E-state index in [2.05, 4.69) is 9.36 Å². The highest BCUT2D eigenvalue weighted by Crippen LogP contribution is 2.36. The molecule has 0 amide bonds. The summed E-state index contributed by atoms with van der Waals surface area (Å²) in [6.07, 6.45) is 0.0548. The SMILES string of the molecule is CCc1nsc(Sc2c(F)cccc2[C@@H](C)O)n1. The summed E-state index contributed by atoms with van der Waals surface area (Å²) in [4.78, 5) is 4.71. The number of aromatic nitrogens is 2. The third-order valence-electron chi connectivity index (χ3n) is 2.40. The molecule has 0 aliphatic heterocycles. The molecular weight excluding hydrogens is 271 g/mol. The molecule has 6 heteroatoms. The molecule has 1 aromatic carbocycles. The van der Waals surface area contributed by atoms with E-state index in [-0.39, 0.29) is 5.82 Å². The van der Waals surface area contributed by atoms with E-state index >= 15 is 0 Å². The minimum absolute atomic E-state index is 0.341. The van der Waals surface area contributed by atoms with E-state index in [1.807, 2.05) is 6.92 Å². The van der Waals surface area contributed by atoms with Crippen LogP contribution >= 0.6 is 23.3 Å². The molecule has 1 aromatic heterocycles. The smallest absolute Gasteiger partial charge is 0.174 e. The highest BCUT2D eigenvalue weighted by Gasteiger charge is 2.15. The molecular formula is C12H13FN2OS2. The molecule has 0 spiro atoms. The molecule has 18 heavy (non-hydrogen) atoms. The normalized spacial score (nSPS) is 12.7. The average Bonchev–Trinajstić information content (AvgIpc) is 2.79. The highest BCUT2D eigenvalue weighted by molar-refractivity contribution is 8.01. The van der Waals surface area contributed by atoms with Gasteiger partial charge in [-0.15, -0.1) is 0 Å². The highest BCUT2D eigenvalue weighted by atomic mass is 32.2. The lowest BCUT2D eigenvalue weighted by molar-refractivity contribution is 0.195. The maximum Gasteiger partial charge on any atom is 0.174 e. The summed E-state index contributed by atoms with van der Waals surface area (Å²) in [6.45, 7) is 3.59. The molecule has 0 aliphatic carbocycles. The van der Waals surface area contributed by atoms with E-state index in [0.717, 1.165) is 12.2 Å². The van der Waals surface area contributed by atoms with Crippen LogP contribution in [0.1, 0.15) is 31.3 Å². The first kappa shape index (κ1) is 13.5. The summed E-state index contributed by atoms with van der Waals surface area (Å²) in [5.41, 5.74) is 0.577. The Labute approximate surface area is 113 Å². The standard InChI is InChI=1S/C12H13FN2OS2/c1-3-10-14-12(18-15-10)17-11-8(7(2)16)5-4-6-9(11)13/h4-7,16H,3H2,1-2H3/t7-/m1/s1. The second kappa shape index (κ2) is 5.77. The van der Waals surface area contributed by atoms with Crippen LogP contribution in [-0.4, -0.2) is 14.5 Å². The number of aryl methyl sites for hydroxylation is 1. The molecule has 0 fully saturated rings. The lowest BCUT2D eigenvalue weighted by Crippen LogP contribution is -1.96. The Bertz CT molecular complexity index is 543. The molecule has 0 bridgehead atoms. The number of aliphatic hydroxyl groups excluding tert-OH is 1. The minimum Gasteiger partial charge on any atom is -0.389 e. The summed E-state index contributed by atoms with van der Waals surface area (Å²) >= 11 is 2.47. The van der Waals surface area contributed by atoms with Gasteiger partial charge >= 0.3 is 0 Å². The molecule has 1 heterocycles. The number of benzene rings is 1. The van der Waals surface area contributed by atoms with Crippen molar-refractivity contribution in [2.24, 2.45) is 0 Å². The summed E-state index contributed by atoms with van der Waals surface area (Å²) < 4.78 is 18.7. The van der Waals surface area contributed by atoms with Crippen molar-refractivity contribution in [1.82, 2.24) is 9.36 Å². The third-order valence-corrected chi connectivity index (χ3v) is 4.33. The molecule has 0 radical (unpaired) electrons. The van der Waals surface area contributed by atoms with Crippen LogP contribution in [0.25, 0.3) is 0 Å². The first-order valence-electron chi connectivity index (χ1n) is 5.58. The van der Waals surface area contributed by atoms with Crippen LogP contribution < -0.4 is 0 Å². The number of hydrogen-bond acceptors (Lipinski definition) is 5. The van der Waals surface area contributed by atoms with Crippen LogP contribution in [0.3, 0.4) is 0 Å². The predicted molar refractivity (Wildman–Crippen MR) is 70.4 cm³/mol. The fraction of sp³-hybridized carbons (Fsp3) is 0.333. The lowest BCUT2D eigenvalue weighted by Gasteiger charge is -2.10. The zero-order valence-corrected chi connectivity index (χ0v) is 11.7. The van der Waals surface area contributed by atoms with Gasteiger partial charge in [-0.25, -0.2) is 9.37 Å². The third kappa shape index (κ3) is 2.88. The molecule has 96 valence electrons. The van der Waals surface area contributed by atoms with Crippen LogP contribution in [-0.2, 0) is 6.42 Å². The quantitative estimate of drug-likeness (QED) is 0.934.